The summed E-state index contributed by atoms with van der Waals surface area (Å²) in [6.45, 7) is 2.02. The number of nitrogens with zero attached hydrogens (tertiary/aromatic N) is 5. The van der Waals surface area contributed by atoms with Gasteiger partial charge in [0, 0.05) is 36.3 Å². The molecule has 4 aromatic rings. The third-order valence-corrected chi connectivity index (χ3v) is 7.11. The highest BCUT2D eigenvalue weighted by molar-refractivity contribution is 6.02. The van der Waals surface area contributed by atoms with Crippen molar-refractivity contribution in [1.29, 1.82) is 0 Å². The van der Waals surface area contributed by atoms with Crippen molar-refractivity contribution in [3.63, 3.8) is 0 Å². The van der Waals surface area contributed by atoms with E-state index in [1.165, 1.54) is 17.2 Å². The molecule has 180 valence electrons. The van der Waals surface area contributed by atoms with Crippen molar-refractivity contribution in [2.75, 3.05) is 23.3 Å². The van der Waals surface area contributed by atoms with Gasteiger partial charge in [-0.05, 0) is 42.2 Å². The molecule has 8 heteroatoms. The summed E-state index contributed by atoms with van der Waals surface area (Å²) < 4.78 is 15.5. The first-order chi connectivity index (χ1) is 17.6. The van der Waals surface area contributed by atoms with Crippen LogP contribution < -0.4 is 10.2 Å². The highest BCUT2D eigenvalue weighted by Crippen LogP contribution is 2.44. The lowest BCUT2D eigenvalue weighted by Crippen LogP contribution is -2.41. The monoisotopic (exact) mass is 480 g/mol. The number of rotatable bonds is 5. The van der Waals surface area contributed by atoms with E-state index in [0.717, 1.165) is 31.7 Å². The molecule has 3 heterocycles. The van der Waals surface area contributed by atoms with Crippen LogP contribution in [0.15, 0.2) is 79.0 Å². The van der Waals surface area contributed by atoms with Crippen LogP contribution in [0.4, 0.5) is 16.0 Å². The predicted octanol–water partition coefficient (Wildman–Crippen LogP) is 4.68. The van der Waals surface area contributed by atoms with Crippen LogP contribution in [-0.2, 0) is 12.0 Å². The fraction of sp³-hybridized carbons (Fsp3) is 0.214. The molecule has 0 radical (unpaired) electrons. The summed E-state index contributed by atoms with van der Waals surface area (Å²) in [4.78, 5) is 14.9. The smallest absolute Gasteiger partial charge is 0.277 e. The van der Waals surface area contributed by atoms with E-state index in [1.807, 2.05) is 6.07 Å². The van der Waals surface area contributed by atoms with Crippen molar-refractivity contribution in [1.82, 2.24) is 20.0 Å². The molecule has 7 nitrogen and oxygen atoms in total. The van der Waals surface area contributed by atoms with E-state index >= 15 is 0 Å². The van der Waals surface area contributed by atoms with Gasteiger partial charge < -0.3 is 10.2 Å². The lowest BCUT2D eigenvalue weighted by Gasteiger charge is -2.39. The van der Waals surface area contributed by atoms with E-state index in [0.29, 0.717) is 11.4 Å². The van der Waals surface area contributed by atoms with Gasteiger partial charge in [-0.15, -0.1) is 10.2 Å². The molecule has 2 aromatic carbocycles. The lowest BCUT2D eigenvalue weighted by atomic mass is 9.74. The van der Waals surface area contributed by atoms with E-state index in [9.17, 15) is 9.18 Å². The molecule has 0 unspecified atom stereocenters. The molecule has 36 heavy (non-hydrogen) atoms. The Balaban J connectivity index is 1.07. The average molecular weight is 481 g/mol. The Morgan fingerprint density at radius 1 is 0.972 bits per heavy atom. The van der Waals surface area contributed by atoms with Gasteiger partial charge in [0.2, 0.25) is 0 Å². The van der Waals surface area contributed by atoms with Gasteiger partial charge in [-0.3, -0.25) is 9.48 Å². The molecule has 1 fully saturated rings. The molecule has 0 saturated carbocycles. The number of nitrogens with one attached hydrogen (secondary N) is 1. The van der Waals surface area contributed by atoms with Crippen LogP contribution in [0, 0.1) is 5.82 Å². The average Bonchev–Trinajstić information content (AvgIpc) is 3.51. The Kier molecular flexibility index (Phi) is 5.56. The second kappa shape index (κ2) is 9.03. The third-order valence-electron chi connectivity index (χ3n) is 7.11. The quantitative estimate of drug-likeness (QED) is 0.449. The van der Waals surface area contributed by atoms with Crippen LogP contribution in [0.2, 0.25) is 0 Å². The number of fused-ring (bicyclic) bond motifs is 2. The molecule has 0 atom stereocenters. The Bertz CT molecular complexity index is 1440. The summed E-state index contributed by atoms with van der Waals surface area (Å²) in [6.07, 6.45) is 8.31. The molecule has 2 aromatic heterocycles. The molecule has 1 saturated heterocycles. The maximum absolute atomic E-state index is 13.9. The van der Waals surface area contributed by atoms with Crippen LogP contribution in [0.25, 0.3) is 6.08 Å². The van der Waals surface area contributed by atoms with Crippen molar-refractivity contribution >= 4 is 23.6 Å². The van der Waals surface area contributed by atoms with Crippen LogP contribution in [0.1, 0.15) is 40.0 Å². The number of piperidine rings is 1. The predicted molar refractivity (Wildman–Crippen MR) is 136 cm³/mol. The third kappa shape index (κ3) is 4.15. The van der Waals surface area contributed by atoms with Gasteiger partial charge in [-0.25, -0.2) is 4.39 Å². The normalized spacial score (nSPS) is 15.8. The summed E-state index contributed by atoms with van der Waals surface area (Å²) in [5.41, 5.74) is 3.58. The summed E-state index contributed by atoms with van der Waals surface area (Å²) in [5, 5.41) is 15.5. The summed E-state index contributed by atoms with van der Waals surface area (Å²) in [7, 11) is 0. The van der Waals surface area contributed by atoms with Crippen molar-refractivity contribution in [3.8, 4) is 0 Å². The van der Waals surface area contributed by atoms with E-state index < -0.39 is 5.91 Å². The second-order valence-corrected chi connectivity index (χ2v) is 9.28. The van der Waals surface area contributed by atoms with Crippen molar-refractivity contribution in [3.05, 3.63) is 107 Å². The van der Waals surface area contributed by atoms with Crippen molar-refractivity contribution in [2.45, 2.75) is 24.8 Å². The van der Waals surface area contributed by atoms with Crippen molar-refractivity contribution < 1.29 is 9.18 Å². The number of anilines is 2. The minimum absolute atomic E-state index is 0.107. The van der Waals surface area contributed by atoms with Gasteiger partial charge in [0.1, 0.15) is 5.82 Å². The Morgan fingerprint density at radius 2 is 1.78 bits per heavy atom. The van der Waals surface area contributed by atoms with Gasteiger partial charge in [-0.2, -0.15) is 5.10 Å². The van der Waals surface area contributed by atoms with Gasteiger partial charge in [0.05, 0.1) is 6.54 Å². The van der Waals surface area contributed by atoms with E-state index in [2.05, 4.69) is 61.9 Å². The van der Waals surface area contributed by atoms with E-state index in [-0.39, 0.29) is 23.5 Å². The number of hydrogen-bond acceptors (Lipinski definition) is 5. The first-order valence-corrected chi connectivity index (χ1v) is 12.1. The van der Waals surface area contributed by atoms with Gasteiger partial charge in [0.15, 0.2) is 17.3 Å². The minimum atomic E-state index is -0.393. The zero-order valence-corrected chi connectivity index (χ0v) is 19.6. The fourth-order valence-corrected chi connectivity index (χ4v) is 5.12. The Hall–Kier alpha value is -4.33. The molecule has 1 amide bonds. The Labute approximate surface area is 208 Å². The number of carbonyl (C=O) groups is 1. The largest absolute Gasteiger partial charge is 0.355 e. The standard InChI is InChI=1S/C28H25FN6O/c29-23-8-4-2-6-21(23)19-35-16-12-25(33-35)30-27(36)24-9-10-26(32-31-24)34-17-14-28(15-18-34)13-11-20-5-1-3-7-22(20)28/h1-13,16H,14-15,17-19H2,(H,30,33,36). The maximum atomic E-state index is 13.9. The van der Waals surface area contributed by atoms with Crippen LogP contribution in [0.5, 0.6) is 0 Å². The van der Waals surface area contributed by atoms with Crippen molar-refractivity contribution in [2.24, 2.45) is 0 Å². The van der Waals surface area contributed by atoms with Crippen LogP contribution in [0.3, 0.4) is 0 Å². The number of aromatic nitrogens is 4. The minimum Gasteiger partial charge on any atom is -0.355 e. The number of carbonyl (C=O) groups excluding carboxylic acids is 1. The number of benzene rings is 2. The van der Waals surface area contributed by atoms with Crippen LogP contribution in [-0.4, -0.2) is 39.0 Å². The number of amides is 1. The topological polar surface area (TPSA) is 75.9 Å². The molecule has 1 spiro atoms. The van der Waals surface area contributed by atoms with E-state index in [4.69, 9.17) is 0 Å². The lowest BCUT2D eigenvalue weighted by molar-refractivity contribution is 0.102. The zero-order valence-electron chi connectivity index (χ0n) is 19.6. The molecular formula is C28H25FN6O. The van der Waals surface area contributed by atoms with Gasteiger partial charge in [0.25, 0.3) is 5.91 Å². The molecule has 1 aliphatic heterocycles. The Morgan fingerprint density at radius 3 is 2.58 bits per heavy atom. The molecule has 1 aliphatic carbocycles. The highest BCUT2D eigenvalue weighted by Gasteiger charge is 2.38. The SMILES string of the molecule is O=C(Nc1ccn(Cc2ccccc2F)n1)c1ccc(N2CCC3(C=Cc4ccccc43)CC2)nn1. The number of allylic oxidation sites excluding steroid dienone is 1. The fourth-order valence-electron chi connectivity index (χ4n) is 5.12. The second-order valence-electron chi connectivity index (χ2n) is 9.28. The molecule has 1 N–H and O–H groups in total. The van der Waals surface area contributed by atoms with E-state index in [1.54, 1.807) is 41.2 Å². The maximum Gasteiger partial charge on any atom is 0.277 e. The van der Waals surface area contributed by atoms with Gasteiger partial charge >= 0.3 is 0 Å². The first-order valence-electron chi connectivity index (χ1n) is 12.1. The zero-order chi connectivity index (χ0) is 24.5. The molecule has 0 bridgehead atoms. The van der Waals surface area contributed by atoms with Crippen LogP contribution >= 0.6 is 0 Å². The summed E-state index contributed by atoms with van der Waals surface area (Å²) in [5.74, 6) is 0.456. The van der Waals surface area contributed by atoms with Gasteiger partial charge in [-0.1, -0.05) is 54.6 Å². The summed E-state index contributed by atoms with van der Waals surface area (Å²) in [6, 6.07) is 20.3. The number of hydrogen-bond donors (Lipinski definition) is 1. The number of halogens is 1. The first kappa shape index (κ1) is 22.2. The highest BCUT2D eigenvalue weighted by atomic mass is 19.1. The molecular weight excluding hydrogens is 455 g/mol. The molecule has 2 aliphatic rings. The summed E-state index contributed by atoms with van der Waals surface area (Å²) >= 11 is 0. The molecule has 6 rings (SSSR count).